The molecule has 0 spiro atoms. The molecule has 1 heterocycles. The Morgan fingerprint density at radius 1 is 1.47 bits per heavy atom. The van der Waals surface area contributed by atoms with Crippen LogP contribution in [0.4, 0.5) is 0 Å². The maximum absolute atomic E-state index is 11.5. The van der Waals surface area contributed by atoms with Crippen molar-refractivity contribution < 1.29 is 9.90 Å². The standard InChI is InChI=1S/C13H18N2O2/c16-12(11-2-3-11)9-15-13(17)4-1-10-5-7-14-8-6-10/h5-8,11-12,16H,1-4,9H2,(H,15,17). The molecule has 92 valence electrons. The molecule has 1 saturated carbocycles. The van der Waals surface area contributed by atoms with Crippen molar-refractivity contribution in [2.24, 2.45) is 5.92 Å². The lowest BCUT2D eigenvalue weighted by Gasteiger charge is -2.10. The Hall–Kier alpha value is -1.42. The van der Waals surface area contributed by atoms with E-state index in [1.165, 1.54) is 0 Å². The van der Waals surface area contributed by atoms with Crippen LogP contribution in [-0.2, 0) is 11.2 Å². The van der Waals surface area contributed by atoms with Gasteiger partial charge in [-0.15, -0.1) is 0 Å². The molecule has 1 aromatic heterocycles. The second-order valence-corrected chi connectivity index (χ2v) is 4.56. The zero-order chi connectivity index (χ0) is 12.1. The van der Waals surface area contributed by atoms with Crippen LogP contribution >= 0.6 is 0 Å². The molecule has 1 atom stereocenters. The van der Waals surface area contributed by atoms with Crippen LogP contribution < -0.4 is 5.32 Å². The second-order valence-electron chi connectivity index (χ2n) is 4.56. The molecule has 0 aromatic carbocycles. The van der Waals surface area contributed by atoms with E-state index in [0.29, 0.717) is 25.3 Å². The molecular formula is C13H18N2O2. The molecule has 1 aliphatic carbocycles. The van der Waals surface area contributed by atoms with Crippen molar-refractivity contribution in [2.75, 3.05) is 6.54 Å². The predicted octanol–water partition coefficient (Wildman–Crippen LogP) is 0.901. The van der Waals surface area contributed by atoms with Crippen LogP contribution in [0, 0.1) is 5.92 Å². The van der Waals surface area contributed by atoms with Gasteiger partial charge >= 0.3 is 0 Å². The molecule has 0 aliphatic heterocycles. The van der Waals surface area contributed by atoms with Crippen molar-refractivity contribution in [2.45, 2.75) is 31.8 Å². The van der Waals surface area contributed by atoms with Crippen LogP contribution in [0.5, 0.6) is 0 Å². The van der Waals surface area contributed by atoms with Gasteiger partial charge in [0.15, 0.2) is 0 Å². The Labute approximate surface area is 101 Å². The predicted molar refractivity (Wildman–Crippen MR) is 64.3 cm³/mol. The summed E-state index contributed by atoms with van der Waals surface area (Å²) in [6.45, 7) is 0.389. The molecule has 4 heteroatoms. The number of aryl methyl sites for hydroxylation is 1. The highest BCUT2D eigenvalue weighted by atomic mass is 16.3. The van der Waals surface area contributed by atoms with Gasteiger partial charge in [-0.05, 0) is 42.9 Å². The van der Waals surface area contributed by atoms with Crippen molar-refractivity contribution in [3.63, 3.8) is 0 Å². The number of aliphatic hydroxyl groups excluding tert-OH is 1. The lowest BCUT2D eigenvalue weighted by molar-refractivity contribution is -0.121. The first kappa shape index (κ1) is 12.0. The van der Waals surface area contributed by atoms with Gasteiger partial charge in [0.2, 0.25) is 5.91 Å². The molecule has 1 aliphatic rings. The number of hydrogen-bond donors (Lipinski definition) is 2. The molecule has 0 saturated heterocycles. The second kappa shape index (κ2) is 5.77. The van der Waals surface area contributed by atoms with E-state index in [9.17, 15) is 9.90 Å². The number of aromatic nitrogens is 1. The van der Waals surface area contributed by atoms with Crippen molar-refractivity contribution >= 4 is 5.91 Å². The minimum absolute atomic E-state index is 0.00140. The Morgan fingerprint density at radius 3 is 2.82 bits per heavy atom. The average molecular weight is 234 g/mol. The fraction of sp³-hybridized carbons (Fsp3) is 0.538. The Morgan fingerprint density at radius 2 is 2.18 bits per heavy atom. The topological polar surface area (TPSA) is 62.2 Å². The highest BCUT2D eigenvalue weighted by Gasteiger charge is 2.29. The molecule has 1 fully saturated rings. The summed E-state index contributed by atoms with van der Waals surface area (Å²) in [5.41, 5.74) is 1.11. The molecule has 17 heavy (non-hydrogen) atoms. The Balaban J connectivity index is 1.63. The lowest BCUT2D eigenvalue weighted by atomic mass is 10.1. The van der Waals surface area contributed by atoms with Crippen LogP contribution in [0.15, 0.2) is 24.5 Å². The van der Waals surface area contributed by atoms with Gasteiger partial charge < -0.3 is 10.4 Å². The maximum atomic E-state index is 11.5. The van der Waals surface area contributed by atoms with E-state index in [1.54, 1.807) is 12.4 Å². The van der Waals surface area contributed by atoms with Crippen molar-refractivity contribution in [3.8, 4) is 0 Å². The quantitative estimate of drug-likeness (QED) is 0.768. The van der Waals surface area contributed by atoms with Crippen LogP contribution in [0.25, 0.3) is 0 Å². The molecule has 0 radical (unpaired) electrons. The van der Waals surface area contributed by atoms with Crippen molar-refractivity contribution in [1.29, 1.82) is 0 Å². The lowest BCUT2D eigenvalue weighted by Crippen LogP contribution is -2.33. The first-order chi connectivity index (χ1) is 8.25. The van der Waals surface area contributed by atoms with E-state index in [4.69, 9.17) is 0 Å². The molecule has 1 aromatic rings. The van der Waals surface area contributed by atoms with E-state index < -0.39 is 0 Å². The summed E-state index contributed by atoms with van der Waals surface area (Å²) in [4.78, 5) is 15.5. The summed E-state index contributed by atoms with van der Waals surface area (Å²) < 4.78 is 0. The third kappa shape index (κ3) is 4.15. The fourth-order valence-corrected chi connectivity index (χ4v) is 1.76. The number of hydrogen-bond acceptors (Lipinski definition) is 3. The number of carbonyl (C=O) groups excluding carboxylic acids is 1. The van der Waals surface area contributed by atoms with Gasteiger partial charge in [-0.3, -0.25) is 9.78 Å². The molecule has 1 unspecified atom stereocenters. The van der Waals surface area contributed by atoms with Crippen LogP contribution in [0.1, 0.15) is 24.8 Å². The van der Waals surface area contributed by atoms with Gasteiger partial charge in [0, 0.05) is 25.4 Å². The summed E-state index contributed by atoms with van der Waals surface area (Å²) >= 11 is 0. The minimum Gasteiger partial charge on any atom is -0.391 e. The van der Waals surface area contributed by atoms with Gasteiger partial charge in [-0.1, -0.05) is 0 Å². The fourth-order valence-electron chi connectivity index (χ4n) is 1.76. The van der Waals surface area contributed by atoms with Gasteiger partial charge in [0.05, 0.1) is 6.10 Å². The number of aliphatic hydroxyl groups is 1. The molecule has 2 N–H and O–H groups in total. The highest BCUT2D eigenvalue weighted by molar-refractivity contribution is 5.76. The Bertz CT molecular complexity index is 363. The largest absolute Gasteiger partial charge is 0.391 e. The monoisotopic (exact) mass is 234 g/mol. The maximum Gasteiger partial charge on any atom is 0.220 e. The number of amides is 1. The van der Waals surface area contributed by atoms with Gasteiger partial charge in [-0.2, -0.15) is 0 Å². The van der Waals surface area contributed by atoms with E-state index >= 15 is 0 Å². The van der Waals surface area contributed by atoms with Gasteiger partial charge in [0.25, 0.3) is 0 Å². The van der Waals surface area contributed by atoms with Crippen LogP contribution in [-0.4, -0.2) is 28.6 Å². The van der Waals surface area contributed by atoms with E-state index in [1.807, 2.05) is 12.1 Å². The third-order valence-corrected chi connectivity index (χ3v) is 3.06. The van der Waals surface area contributed by atoms with E-state index in [2.05, 4.69) is 10.3 Å². The normalized spacial score (nSPS) is 16.5. The third-order valence-electron chi connectivity index (χ3n) is 3.06. The molecule has 1 amide bonds. The molecule has 0 bridgehead atoms. The van der Waals surface area contributed by atoms with Crippen LogP contribution in [0.2, 0.25) is 0 Å². The summed E-state index contributed by atoms with van der Waals surface area (Å²) in [5, 5.41) is 12.4. The SMILES string of the molecule is O=C(CCc1ccncc1)NCC(O)C1CC1. The van der Waals surface area contributed by atoms with Crippen molar-refractivity contribution in [1.82, 2.24) is 10.3 Å². The smallest absolute Gasteiger partial charge is 0.220 e. The first-order valence-electron chi connectivity index (χ1n) is 6.09. The average Bonchev–Trinajstić information content (AvgIpc) is 3.19. The highest BCUT2D eigenvalue weighted by Crippen LogP contribution is 2.32. The van der Waals surface area contributed by atoms with Crippen LogP contribution in [0.3, 0.4) is 0 Å². The summed E-state index contributed by atoms with van der Waals surface area (Å²) in [6, 6.07) is 3.82. The number of rotatable bonds is 6. The Kier molecular flexibility index (Phi) is 4.09. The summed E-state index contributed by atoms with van der Waals surface area (Å²) in [7, 11) is 0. The molecule has 4 nitrogen and oxygen atoms in total. The number of nitrogens with one attached hydrogen (secondary N) is 1. The van der Waals surface area contributed by atoms with E-state index in [-0.39, 0.29) is 12.0 Å². The van der Waals surface area contributed by atoms with Gasteiger partial charge in [-0.25, -0.2) is 0 Å². The zero-order valence-electron chi connectivity index (χ0n) is 9.80. The summed E-state index contributed by atoms with van der Waals surface area (Å²) in [5.74, 6) is 0.414. The number of pyridine rings is 1. The molecular weight excluding hydrogens is 216 g/mol. The minimum atomic E-state index is -0.361. The molecule has 2 rings (SSSR count). The van der Waals surface area contributed by atoms with Crippen molar-refractivity contribution in [3.05, 3.63) is 30.1 Å². The van der Waals surface area contributed by atoms with E-state index in [0.717, 1.165) is 18.4 Å². The number of carbonyl (C=O) groups is 1. The summed E-state index contributed by atoms with van der Waals surface area (Å²) in [6.07, 6.45) is 6.45. The van der Waals surface area contributed by atoms with Gasteiger partial charge in [0.1, 0.15) is 0 Å². The first-order valence-corrected chi connectivity index (χ1v) is 6.09. The zero-order valence-corrected chi connectivity index (χ0v) is 9.80. The number of nitrogens with zero attached hydrogens (tertiary/aromatic N) is 1.